The Kier molecular flexibility index (Phi) is 3.56. The zero-order valence-electron chi connectivity index (χ0n) is 7.66. The number of ether oxygens (including phenoxy) is 1. The largest absolute Gasteiger partial charge is 0.430 e. The van der Waals surface area contributed by atoms with E-state index in [-0.39, 0.29) is 17.6 Å². The van der Waals surface area contributed by atoms with Crippen molar-refractivity contribution in [2.75, 3.05) is 6.54 Å². The van der Waals surface area contributed by atoms with Crippen molar-refractivity contribution >= 4 is 0 Å². The van der Waals surface area contributed by atoms with Gasteiger partial charge in [0.15, 0.2) is 6.10 Å². The number of nitro groups is 1. The van der Waals surface area contributed by atoms with Crippen molar-refractivity contribution in [2.24, 2.45) is 5.92 Å². The molecule has 13 heavy (non-hydrogen) atoms. The summed E-state index contributed by atoms with van der Waals surface area (Å²) in [5.74, 6) is 3.22. The summed E-state index contributed by atoms with van der Waals surface area (Å²) in [5.41, 5.74) is 0. The third-order valence-corrected chi connectivity index (χ3v) is 2.27. The smallest absolute Gasteiger partial charge is 0.204 e. The van der Waals surface area contributed by atoms with Crippen LogP contribution in [0.3, 0.4) is 0 Å². The molecule has 0 saturated heterocycles. The van der Waals surface area contributed by atoms with Crippen molar-refractivity contribution in [3.8, 4) is 12.0 Å². The van der Waals surface area contributed by atoms with Gasteiger partial charge >= 0.3 is 0 Å². The molecule has 2 atom stereocenters. The normalized spacial score (nSPS) is 20.5. The molecular formula is C9H13NO3. The minimum absolute atomic E-state index is 0.0247. The molecule has 0 aromatic rings. The van der Waals surface area contributed by atoms with Crippen LogP contribution in [0.5, 0.6) is 0 Å². The molecule has 4 nitrogen and oxygen atoms in total. The third-order valence-electron chi connectivity index (χ3n) is 2.27. The first-order valence-corrected chi connectivity index (χ1v) is 4.50. The van der Waals surface area contributed by atoms with Gasteiger partial charge in [0, 0.05) is 17.8 Å². The van der Waals surface area contributed by atoms with E-state index in [1.165, 1.54) is 0 Å². The van der Waals surface area contributed by atoms with Gasteiger partial charge in [-0.25, -0.2) is 0 Å². The van der Waals surface area contributed by atoms with E-state index in [0.717, 1.165) is 12.8 Å². The van der Waals surface area contributed by atoms with Gasteiger partial charge in [0.05, 0.1) is 0 Å². The van der Waals surface area contributed by atoms with Gasteiger partial charge < -0.3 is 4.74 Å². The molecule has 0 aromatic carbocycles. The number of rotatable bonds is 6. The number of hydrogen-bond donors (Lipinski definition) is 0. The fraction of sp³-hybridized carbons (Fsp3) is 0.778. The minimum atomic E-state index is -0.268. The summed E-state index contributed by atoms with van der Waals surface area (Å²) >= 11 is 0. The van der Waals surface area contributed by atoms with E-state index in [4.69, 9.17) is 4.74 Å². The Labute approximate surface area is 77.4 Å². The lowest BCUT2D eigenvalue weighted by molar-refractivity contribution is -0.481. The highest BCUT2D eigenvalue weighted by Gasteiger charge is 2.19. The molecule has 0 aliphatic carbocycles. The van der Waals surface area contributed by atoms with Crippen LogP contribution in [-0.4, -0.2) is 17.6 Å². The molecule has 0 saturated carbocycles. The summed E-state index contributed by atoms with van der Waals surface area (Å²) in [7, 11) is 0. The van der Waals surface area contributed by atoms with Crippen LogP contribution < -0.4 is 0 Å². The first-order valence-electron chi connectivity index (χ1n) is 4.50. The second-order valence-corrected chi connectivity index (χ2v) is 3.21. The van der Waals surface area contributed by atoms with E-state index in [0.29, 0.717) is 12.3 Å². The molecule has 0 amide bonds. The maximum absolute atomic E-state index is 10.1. The molecule has 4 heteroatoms. The van der Waals surface area contributed by atoms with E-state index >= 15 is 0 Å². The quantitative estimate of drug-likeness (QED) is 0.355. The van der Waals surface area contributed by atoms with Crippen molar-refractivity contribution in [2.45, 2.75) is 32.3 Å². The molecule has 1 aliphatic rings. The van der Waals surface area contributed by atoms with Crippen LogP contribution >= 0.6 is 0 Å². The first-order chi connectivity index (χ1) is 6.22. The van der Waals surface area contributed by atoms with Gasteiger partial charge in [-0.05, 0) is 11.8 Å². The van der Waals surface area contributed by atoms with Crippen molar-refractivity contribution in [1.29, 1.82) is 0 Å². The van der Waals surface area contributed by atoms with Gasteiger partial charge in [-0.3, -0.25) is 10.1 Å². The maximum atomic E-state index is 10.1. The third kappa shape index (κ3) is 3.32. The second-order valence-electron chi connectivity index (χ2n) is 3.21. The van der Waals surface area contributed by atoms with Crippen molar-refractivity contribution < 1.29 is 9.66 Å². The summed E-state index contributed by atoms with van der Waals surface area (Å²) in [6, 6.07) is 0. The summed E-state index contributed by atoms with van der Waals surface area (Å²) in [6.45, 7) is 2.09. The van der Waals surface area contributed by atoms with Crippen LogP contribution in [0.2, 0.25) is 0 Å². The van der Waals surface area contributed by atoms with E-state index in [9.17, 15) is 10.1 Å². The van der Waals surface area contributed by atoms with E-state index < -0.39 is 0 Å². The molecule has 0 bridgehead atoms. The summed E-state index contributed by atoms with van der Waals surface area (Å²) < 4.78 is 4.94. The van der Waals surface area contributed by atoms with Crippen LogP contribution in [0.25, 0.3) is 0 Å². The lowest BCUT2D eigenvalue weighted by atomic mass is 9.95. The molecule has 1 heterocycles. The fourth-order valence-electron chi connectivity index (χ4n) is 1.33. The van der Waals surface area contributed by atoms with E-state index in [2.05, 4.69) is 12.0 Å². The molecule has 0 fully saturated rings. The van der Waals surface area contributed by atoms with Gasteiger partial charge in [-0.2, -0.15) is 0 Å². The lowest BCUT2D eigenvalue weighted by Crippen LogP contribution is -2.20. The van der Waals surface area contributed by atoms with E-state index in [1.54, 1.807) is 0 Å². The molecule has 1 rings (SSSR count). The molecule has 0 radical (unpaired) electrons. The summed E-state index contributed by atoms with van der Waals surface area (Å²) in [4.78, 5) is 9.87. The Bertz CT molecular complexity index is 241. The van der Waals surface area contributed by atoms with Crippen LogP contribution in [0, 0.1) is 28.1 Å². The minimum Gasteiger partial charge on any atom is -0.430 e. The van der Waals surface area contributed by atoms with Crippen LogP contribution in [-0.2, 0) is 4.74 Å². The average molecular weight is 183 g/mol. The van der Waals surface area contributed by atoms with E-state index in [1.807, 2.05) is 6.92 Å². The number of nitrogens with zero attached hydrogens (tertiary/aromatic N) is 1. The molecule has 0 N–H and O–H groups in total. The van der Waals surface area contributed by atoms with Crippen molar-refractivity contribution in [1.82, 2.24) is 0 Å². The topological polar surface area (TPSA) is 52.4 Å². The Hall–Kier alpha value is -1.24. The second kappa shape index (κ2) is 4.70. The van der Waals surface area contributed by atoms with Crippen LogP contribution in [0.1, 0.15) is 26.2 Å². The Balaban J connectivity index is 2.19. The monoisotopic (exact) mass is 183 g/mol. The lowest BCUT2D eigenvalue weighted by Gasteiger charge is -2.19. The van der Waals surface area contributed by atoms with Gasteiger partial charge in [-0.15, -0.1) is 0 Å². The van der Waals surface area contributed by atoms with Crippen LogP contribution in [0.15, 0.2) is 0 Å². The molecule has 2 unspecified atom stereocenters. The maximum Gasteiger partial charge on any atom is 0.204 e. The number of hydrogen-bond acceptors (Lipinski definition) is 3. The highest BCUT2D eigenvalue weighted by atomic mass is 16.6. The van der Waals surface area contributed by atoms with Gasteiger partial charge in [-0.1, -0.05) is 13.3 Å². The van der Waals surface area contributed by atoms with Crippen molar-refractivity contribution in [3.05, 3.63) is 10.1 Å². The van der Waals surface area contributed by atoms with Gasteiger partial charge in [0.2, 0.25) is 6.54 Å². The highest BCUT2D eigenvalue weighted by molar-refractivity contribution is 5.09. The van der Waals surface area contributed by atoms with Gasteiger partial charge in [0.25, 0.3) is 0 Å². The van der Waals surface area contributed by atoms with Crippen LogP contribution in [0.4, 0.5) is 0 Å². The predicted molar refractivity (Wildman–Crippen MR) is 47.5 cm³/mol. The molecule has 72 valence electrons. The van der Waals surface area contributed by atoms with Gasteiger partial charge in [0.1, 0.15) is 6.11 Å². The predicted octanol–water partition coefficient (Wildman–Crippen LogP) is 1.43. The molecule has 1 aliphatic heterocycles. The van der Waals surface area contributed by atoms with Crippen molar-refractivity contribution in [3.63, 3.8) is 0 Å². The Morgan fingerprint density at radius 3 is 2.77 bits per heavy atom. The Morgan fingerprint density at radius 1 is 1.69 bits per heavy atom. The zero-order valence-corrected chi connectivity index (χ0v) is 7.66. The zero-order chi connectivity index (χ0) is 9.68. The summed E-state index contributed by atoms with van der Waals surface area (Å²) in [5, 5.41) is 10.1. The summed E-state index contributed by atoms with van der Waals surface area (Å²) in [6.07, 6.45) is 4.91. The molecular weight excluding hydrogens is 170 g/mol. The highest BCUT2D eigenvalue weighted by Crippen LogP contribution is 2.18. The standard InChI is InChI=1S/C9H13NO3/c1-2-8(3-5-10(11)12)7-9-4-6-13-9/h8-9H,2-3,5,7H2,1H3. The average Bonchev–Trinajstić information content (AvgIpc) is 2.01. The first kappa shape index (κ1) is 9.85. The molecule has 0 spiro atoms. The Morgan fingerprint density at radius 2 is 2.38 bits per heavy atom. The molecule has 0 aromatic heterocycles. The fourth-order valence-corrected chi connectivity index (χ4v) is 1.33. The SMILES string of the molecule is CCC(CC[N+](=O)[O-])CC1C#CO1.